The van der Waals surface area contributed by atoms with Gasteiger partial charge in [0.2, 0.25) is 11.8 Å². The first-order valence-corrected chi connectivity index (χ1v) is 8.62. The maximum atomic E-state index is 12.2. The number of anilines is 1. The van der Waals surface area contributed by atoms with Crippen LogP contribution in [0.1, 0.15) is 30.0 Å². The highest BCUT2D eigenvalue weighted by Gasteiger charge is 2.16. The minimum atomic E-state index is -0.114. The van der Waals surface area contributed by atoms with E-state index in [0.29, 0.717) is 18.1 Å². The maximum Gasteiger partial charge on any atom is 0.223 e. The lowest BCUT2D eigenvalue weighted by Gasteiger charge is -2.23. The molecule has 0 aromatic heterocycles. The normalized spacial score (nSPS) is 10.4. The monoisotopic (exact) mass is 358 g/mol. The largest absolute Gasteiger partial charge is 0.352 e. The number of nitrogens with one attached hydrogen (secondary N) is 1. The first-order chi connectivity index (χ1) is 11.9. The third-order valence-corrected chi connectivity index (χ3v) is 4.62. The Hall–Kier alpha value is -2.33. The Morgan fingerprint density at radius 2 is 1.80 bits per heavy atom. The van der Waals surface area contributed by atoms with E-state index in [1.165, 1.54) is 6.92 Å². The second-order valence-electron chi connectivity index (χ2n) is 6.01. The average molecular weight is 359 g/mol. The van der Waals surface area contributed by atoms with Crippen molar-refractivity contribution >= 4 is 29.1 Å². The Morgan fingerprint density at radius 1 is 1.08 bits per heavy atom. The molecule has 0 atom stereocenters. The van der Waals surface area contributed by atoms with Crippen molar-refractivity contribution in [3.8, 4) is 0 Å². The first kappa shape index (κ1) is 19.0. The molecule has 0 radical (unpaired) electrons. The number of benzene rings is 2. The van der Waals surface area contributed by atoms with Crippen molar-refractivity contribution in [1.29, 1.82) is 0 Å². The zero-order valence-electron chi connectivity index (χ0n) is 14.8. The van der Waals surface area contributed by atoms with E-state index in [9.17, 15) is 9.59 Å². The lowest BCUT2D eigenvalue weighted by Crippen LogP contribution is -2.34. The van der Waals surface area contributed by atoms with E-state index in [-0.39, 0.29) is 18.2 Å². The molecule has 25 heavy (non-hydrogen) atoms. The van der Waals surface area contributed by atoms with Gasteiger partial charge in [0.1, 0.15) is 0 Å². The maximum absolute atomic E-state index is 12.2. The fraction of sp³-hybridized carbons (Fsp3) is 0.300. The molecule has 0 unspecified atom stereocenters. The van der Waals surface area contributed by atoms with Crippen LogP contribution in [-0.4, -0.2) is 18.4 Å². The smallest absolute Gasteiger partial charge is 0.223 e. The van der Waals surface area contributed by atoms with Crippen LogP contribution in [0.4, 0.5) is 5.69 Å². The van der Waals surface area contributed by atoms with E-state index in [1.54, 1.807) is 17.0 Å². The molecular weight excluding hydrogens is 336 g/mol. The summed E-state index contributed by atoms with van der Waals surface area (Å²) in [6.07, 6.45) is 0.234. The molecule has 5 heteroatoms. The Morgan fingerprint density at radius 3 is 2.48 bits per heavy atom. The number of carbonyl (C=O) groups is 2. The number of aryl methyl sites for hydroxylation is 1. The number of amides is 2. The summed E-state index contributed by atoms with van der Waals surface area (Å²) in [4.78, 5) is 25.8. The minimum absolute atomic E-state index is 0.0887. The number of nitrogens with zero attached hydrogens (tertiary/aromatic N) is 1. The molecule has 0 fully saturated rings. The number of hydrogen-bond acceptors (Lipinski definition) is 2. The third-order valence-electron chi connectivity index (χ3n) is 4.21. The van der Waals surface area contributed by atoms with Gasteiger partial charge < -0.3 is 10.2 Å². The highest BCUT2D eigenvalue weighted by molar-refractivity contribution is 6.31. The van der Waals surface area contributed by atoms with Crippen molar-refractivity contribution < 1.29 is 9.59 Å². The van der Waals surface area contributed by atoms with Gasteiger partial charge in [-0.1, -0.05) is 41.9 Å². The van der Waals surface area contributed by atoms with E-state index >= 15 is 0 Å². The summed E-state index contributed by atoms with van der Waals surface area (Å²) in [6, 6.07) is 13.4. The summed E-state index contributed by atoms with van der Waals surface area (Å²) >= 11 is 6.14. The SMILES string of the molecule is CC(=O)N(CCC(=O)NCc1ccccc1C)c1cccc(Cl)c1C. The second kappa shape index (κ2) is 8.67. The quantitative estimate of drug-likeness (QED) is 0.848. The van der Waals surface area contributed by atoms with Gasteiger partial charge in [-0.15, -0.1) is 0 Å². The number of halogens is 1. The molecule has 0 bridgehead atoms. The van der Waals surface area contributed by atoms with Crippen LogP contribution >= 0.6 is 11.6 Å². The van der Waals surface area contributed by atoms with Gasteiger partial charge in [-0.3, -0.25) is 9.59 Å². The predicted octanol–water partition coefficient (Wildman–Crippen LogP) is 4.02. The molecule has 0 aliphatic heterocycles. The van der Waals surface area contributed by atoms with Crippen molar-refractivity contribution in [3.63, 3.8) is 0 Å². The van der Waals surface area contributed by atoms with Crippen molar-refractivity contribution in [1.82, 2.24) is 5.32 Å². The molecule has 4 nitrogen and oxygen atoms in total. The van der Waals surface area contributed by atoms with Crippen molar-refractivity contribution in [2.45, 2.75) is 33.7 Å². The van der Waals surface area contributed by atoms with E-state index in [1.807, 2.05) is 44.2 Å². The molecule has 2 aromatic rings. The highest BCUT2D eigenvalue weighted by Crippen LogP contribution is 2.26. The Kier molecular flexibility index (Phi) is 6.59. The molecule has 0 heterocycles. The van der Waals surface area contributed by atoms with Crippen molar-refractivity contribution in [2.24, 2.45) is 0 Å². The van der Waals surface area contributed by atoms with Gasteiger partial charge in [0, 0.05) is 37.1 Å². The van der Waals surface area contributed by atoms with E-state index in [4.69, 9.17) is 11.6 Å². The highest BCUT2D eigenvalue weighted by atomic mass is 35.5. The van der Waals surface area contributed by atoms with E-state index < -0.39 is 0 Å². The summed E-state index contributed by atoms with van der Waals surface area (Å²) in [5.41, 5.74) is 3.80. The molecule has 2 aromatic carbocycles. The molecule has 132 valence electrons. The predicted molar refractivity (Wildman–Crippen MR) is 102 cm³/mol. The molecule has 2 rings (SSSR count). The van der Waals surface area contributed by atoms with Gasteiger partial charge in [0.25, 0.3) is 0 Å². The fourth-order valence-corrected chi connectivity index (χ4v) is 2.81. The summed E-state index contributed by atoms with van der Waals surface area (Å²) < 4.78 is 0. The first-order valence-electron chi connectivity index (χ1n) is 8.24. The summed E-state index contributed by atoms with van der Waals surface area (Å²) in [6.45, 7) is 6.18. The van der Waals surface area contributed by atoms with Crippen LogP contribution in [0.15, 0.2) is 42.5 Å². The Labute approximate surface area is 153 Å². The molecule has 1 N–H and O–H groups in total. The number of rotatable bonds is 6. The van der Waals surface area contributed by atoms with Crippen LogP contribution < -0.4 is 10.2 Å². The van der Waals surface area contributed by atoms with Crippen LogP contribution in [-0.2, 0) is 16.1 Å². The zero-order chi connectivity index (χ0) is 18.4. The summed E-state index contributed by atoms with van der Waals surface area (Å²) in [5.74, 6) is -0.203. The third kappa shape index (κ3) is 5.07. The molecule has 2 amide bonds. The van der Waals surface area contributed by atoms with Gasteiger partial charge in [0.15, 0.2) is 0 Å². The lowest BCUT2D eigenvalue weighted by atomic mass is 10.1. The van der Waals surface area contributed by atoms with Crippen LogP contribution in [0.5, 0.6) is 0 Å². The van der Waals surface area contributed by atoms with Crippen molar-refractivity contribution in [3.05, 3.63) is 64.2 Å². The Balaban J connectivity index is 1.97. The van der Waals surface area contributed by atoms with Crippen LogP contribution in [0, 0.1) is 13.8 Å². The van der Waals surface area contributed by atoms with Crippen molar-refractivity contribution in [2.75, 3.05) is 11.4 Å². The summed E-state index contributed by atoms with van der Waals surface area (Å²) in [7, 11) is 0. The number of hydrogen-bond donors (Lipinski definition) is 1. The van der Waals surface area contributed by atoms with Crippen LogP contribution in [0.3, 0.4) is 0 Å². The Bertz CT molecular complexity index is 774. The van der Waals surface area contributed by atoms with Gasteiger partial charge >= 0.3 is 0 Å². The fourth-order valence-electron chi connectivity index (χ4n) is 2.64. The molecule has 0 saturated heterocycles. The lowest BCUT2D eigenvalue weighted by molar-refractivity contribution is -0.121. The van der Waals surface area contributed by atoms with Gasteiger partial charge in [0.05, 0.1) is 0 Å². The molecule has 0 spiro atoms. The van der Waals surface area contributed by atoms with Gasteiger partial charge in [-0.05, 0) is 42.7 Å². The average Bonchev–Trinajstić information content (AvgIpc) is 2.57. The van der Waals surface area contributed by atoms with E-state index in [2.05, 4.69) is 5.32 Å². The minimum Gasteiger partial charge on any atom is -0.352 e. The second-order valence-corrected chi connectivity index (χ2v) is 6.42. The van der Waals surface area contributed by atoms with Crippen LogP contribution in [0.2, 0.25) is 5.02 Å². The van der Waals surface area contributed by atoms with E-state index in [0.717, 1.165) is 22.4 Å². The van der Waals surface area contributed by atoms with Crippen LogP contribution in [0.25, 0.3) is 0 Å². The zero-order valence-corrected chi connectivity index (χ0v) is 15.6. The molecule has 0 saturated carbocycles. The standard InChI is InChI=1S/C20H23ClN2O2/c1-14-7-4-5-8-17(14)13-22-20(25)11-12-23(16(3)24)19-10-6-9-18(21)15(19)2/h4-10H,11-13H2,1-3H3,(H,22,25). The summed E-state index contributed by atoms with van der Waals surface area (Å²) in [5, 5.41) is 3.51. The molecule has 0 aliphatic carbocycles. The molecule has 0 aliphatic rings. The topological polar surface area (TPSA) is 49.4 Å². The van der Waals surface area contributed by atoms with Gasteiger partial charge in [-0.25, -0.2) is 0 Å². The number of carbonyl (C=O) groups excluding carboxylic acids is 2. The van der Waals surface area contributed by atoms with Gasteiger partial charge in [-0.2, -0.15) is 0 Å². The molecular formula is C20H23ClN2O2.